The molecule has 0 saturated carbocycles. The quantitative estimate of drug-likeness (QED) is 0.430. The van der Waals surface area contributed by atoms with E-state index >= 15 is 0 Å². The van der Waals surface area contributed by atoms with E-state index in [2.05, 4.69) is 15.1 Å². The number of carbonyl (C=O) groups is 1. The Hall–Kier alpha value is -4.22. The van der Waals surface area contributed by atoms with E-state index in [4.69, 9.17) is 5.73 Å². The molecule has 2 N–H and O–H groups in total. The highest BCUT2D eigenvalue weighted by molar-refractivity contribution is 5.98. The summed E-state index contributed by atoms with van der Waals surface area (Å²) in [6.45, 7) is 3.43. The first kappa shape index (κ1) is 23.0. The summed E-state index contributed by atoms with van der Waals surface area (Å²) in [6.07, 6.45) is -2.32. The summed E-state index contributed by atoms with van der Waals surface area (Å²) in [7, 11) is 0. The number of fused-ring (bicyclic) bond motifs is 1. The Morgan fingerprint density at radius 1 is 1.18 bits per heavy atom. The van der Waals surface area contributed by atoms with Crippen LogP contribution in [0.1, 0.15) is 35.6 Å². The zero-order chi connectivity index (χ0) is 24.6. The molecule has 0 unspecified atom stereocenters. The smallest absolute Gasteiger partial charge is 0.368 e. The number of para-hydroxylation sites is 1. The molecular formula is C22H20F3N7O2. The first-order valence-corrected chi connectivity index (χ1v) is 10.3. The molecule has 0 radical (unpaired) electrons. The molecule has 0 atom stereocenters. The topological polar surface area (TPSA) is 111 Å². The molecule has 12 heteroatoms. The number of halogens is 3. The average molecular weight is 471 g/mol. The van der Waals surface area contributed by atoms with Crippen LogP contribution in [0.4, 0.5) is 24.9 Å². The molecule has 0 amide bonds. The van der Waals surface area contributed by atoms with Crippen molar-refractivity contribution in [3.05, 3.63) is 76.1 Å². The minimum atomic E-state index is -4.73. The summed E-state index contributed by atoms with van der Waals surface area (Å²) >= 11 is 0. The predicted octanol–water partition coefficient (Wildman–Crippen LogP) is 3.11. The molecule has 4 aromatic rings. The Kier molecular flexibility index (Phi) is 5.82. The molecule has 0 aliphatic heterocycles. The van der Waals surface area contributed by atoms with Crippen molar-refractivity contribution in [2.75, 3.05) is 17.2 Å². The van der Waals surface area contributed by atoms with Crippen LogP contribution in [0.5, 0.6) is 0 Å². The summed E-state index contributed by atoms with van der Waals surface area (Å²) in [5.74, 6) is 0.0292. The van der Waals surface area contributed by atoms with Crippen LogP contribution in [0.15, 0.2) is 53.6 Å². The Morgan fingerprint density at radius 3 is 2.50 bits per heavy atom. The maximum Gasteiger partial charge on any atom is 0.418 e. The largest absolute Gasteiger partial charge is 0.418 e. The minimum Gasteiger partial charge on any atom is -0.368 e. The zero-order valence-electron chi connectivity index (χ0n) is 18.2. The van der Waals surface area contributed by atoms with E-state index in [1.807, 2.05) is 0 Å². The molecule has 0 saturated heterocycles. The number of anilines is 2. The van der Waals surface area contributed by atoms with Crippen molar-refractivity contribution in [2.45, 2.75) is 26.6 Å². The highest BCUT2D eigenvalue weighted by Crippen LogP contribution is 2.32. The van der Waals surface area contributed by atoms with E-state index in [0.717, 1.165) is 21.3 Å². The number of hydrogen-bond donors (Lipinski definition) is 1. The van der Waals surface area contributed by atoms with Gasteiger partial charge in [-0.2, -0.15) is 23.3 Å². The number of aromatic nitrogens is 5. The van der Waals surface area contributed by atoms with Crippen molar-refractivity contribution in [1.82, 2.24) is 24.1 Å². The lowest BCUT2D eigenvalue weighted by Gasteiger charge is -2.25. The first-order chi connectivity index (χ1) is 16.1. The minimum absolute atomic E-state index is 0.0488. The molecule has 1 aromatic carbocycles. The molecule has 0 fully saturated rings. The molecule has 34 heavy (non-hydrogen) atoms. The van der Waals surface area contributed by atoms with Gasteiger partial charge in [-0.1, -0.05) is 18.2 Å². The fraction of sp³-hybridized carbons (Fsp3) is 0.227. The van der Waals surface area contributed by atoms with E-state index in [1.165, 1.54) is 13.1 Å². The average Bonchev–Trinajstić information content (AvgIpc) is 3.23. The SMILES string of the molecule is CCN(Cc1nn2ccc(C(F)(F)F)c2c(=O)n1-c1ccccc1)c1nc(N)ncc1C(C)=O. The second-order valence-corrected chi connectivity index (χ2v) is 7.45. The lowest BCUT2D eigenvalue weighted by Crippen LogP contribution is -2.33. The lowest BCUT2D eigenvalue weighted by molar-refractivity contribution is -0.136. The number of nitrogens with zero attached hydrogens (tertiary/aromatic N) is 6. The Labute approximate surface area is 191 Å². The molecular weight excluding hydrogens is 451 g/mol. The van der Waals surface area contributed by atoms with Crippen molar-refractivity contribution >= 4 is 23.1 Å². The van der Waals surface area contributed by atoms with Crippen molar-refractivity contribution in [2.24, 2.45) is 0 Å². The Morgan fingerprint density at radius 2 is 1.88 bits per heavy atom. The van der Waals surface area contributed by atoms with E-state index in [-0.39, 0.29) is 35.5 Å². The van der Waals surface area contributed by atoms with Gasteiger partial charge in [0.15, 0.2) is 11.6 Å². The van der Waals surface area contributed by atoms with Gasteiger partial charge in [-0.05, 0) is 32.0 Å². The van der Waals surface area contributed by atoms with Gasteiger partial charge in [0.1, 0.15) is 11.3 Å². The van der Waals surface area contributed by atoms with Gasteiger partial charge < -0.3 is 10.6 Å². The summed E-state index contributed by atoms with van der Waals surface area (Å²) < 4.78 is 42.7. The fourth-order valence-electron chi connectivity index (χ4n) is 3.67. The normalized spacial score (nSPS) is 11.7. The summed E-state index contributed by atoms with van der Waals surface area (Å²) in [4.78, 5) is 35.2. The summed E-state index contributed by atoms with van der Waals surface area (Å²) in [6, 6.07) is 9.06. The standard InChI is InChI=1S/C22H20F3N7O2/c1-3-30(19-15(13(2)33)11-27-21(26)28-19)12-17-29-31-10-9-16(22(23,24)25)18(31)20(34)32(17)14-7-5-4-6-8-14/h4-11H,3,12H2,1-2H3,(H2,26,27,28). The Bertz CT molecular complexity index is 1430. The van der Waals surface area contributed by atoms with Crippen molar-refractivity contribution in [1.29, 1.82) is 0 Å². The number of nitrogen functional groups attached to an aromatic ring is 1. The molecule has 3 heterocycles. The first-order valence-electron chi connectivity index (χ1n) is 10.3. The highest BCUT2D eigenvalue weighted by Gasteiger charge is 2.36. The number of ketones is 1. The molecule has 0 aliphatic carbocycles. The summed E-state index contributed by atoms with van der Waals surface area (Å²) in [5.41, 5.74) is 3.76. The number of hydrogen-bond acceptors (Lipinski definition) is 7. The lowest BCUT2D eigenvalue weighted by atomic mass is 10.2. The molecule has 176 valence electrons. The molecule has 0 bridgehead atoms. The van der Waals surface area contributed by atoms with Crippen LogP contribution in [0, 0.1) is 0 Å². The molecule has 0 spiro atoms. The molecule has 9 nitrogen and oxygen atoms in total. The van der Waals surface area contributed by atoms with Crippen molar-refractivity contribution in [3.8, 4) is 5.69 Å². The second kappa shape index (κ2) is 8.61. The predicted molar refractivity (Wildman–Crippen MR) is 119 cm³/mol. The number of Topliss-reactive ketones (excluding diaryl/α,β-unsaturated/α-hetero) is 1. The molecule has 4 rings (SSSR count). The van der Waals surface area contributed by atoms with Gasteiger partial charge in [0.2, 0.25) is 5.95 Å². The zero-order valence-corrected chi connectivity index (χ0v) is 18.2. The van der Waals surface area contributed by atoms with Gasteiger partial charge in [-0.15, -0.1) is 0 Å². The van der Waals surface area contributed by atoms with Crippen LogP contribution < -0.4 is 16.2 Å². The van der Waals surface area contributed by atoms with Crippen LogP contribution >= 0.6 is 0 Å². The number of benzene rings is 1. The van der Waals surface area contributed by atoms with Gasteiger partial charge >= 0.3 is 6.18 Å². The van der Waals surface area contributed by atoms with Gasteiger partial charge in [0, 0.05) is 18.9 Å². The van der Waals surface area contributed by atoms with Crippen LogP contribution in [0.25, 0.3) is 11.2 Å². The van der Waals surface area contributed by atoms with Crippen LogP contribution in [0.2, 0.25) is 0 Å². The highest BCUT2D eigenvalue weighted by atomic mass is 19.4. The monoisotopic (exact) mass is 471 g/mol. The number of rotatable bonds is 6. The fourth-order valence-corrected chi connectivity index (χ4v) is 3.67. The number of carbonyl (C=O) groups excluding carboxylic acids is 1. The second-order valence-electron chi connectivity index (χ2n) is 7.45. The Balaban J connectivity index is 1.95. The van der Waals surface area contributed by atoms with Gasteiger partial charge in [0.05, 0.1) is 23.4 Å². The van der Waals surface area contributed by atoms with Gasteiger partial charge in [-0.25, -0.2) is 9.50 Å². The third-order valence-electron chi connectivity index (χ3n) is 5.25. The molecule has 3 aromatic heterocycles. The maximum absolute atomic E-state index is 13.6. The van der Waals surface area contributed by atoms with E-state index in [0.29, 0.717) is 12.2 Å². The van der Waals surface area contributed by atoms with Crippen molar-refractivity contribution < 1.29 is 18.0 Å². The van der Waals surface area contributed by atoms with Crippen LogP contribution in [-0.2, 0) is 12.7 Å². The summed E-state index contributed by atoms with van der Waals surface area (Å²) in [5, 5.41) is 4.34. The molecule has 0 aliphatic rings. The third kappa shape index (κ3) is 4.09. The van der Waals surface area contributed by atoms with Crippen LogP contribution in [0.3, 0.4) is 0 Å². The van der Waals surface area contributed by atoms with E-state index in [1.54, 1.807) is 42.2 Å². The van der Waals surface area contributed by atoms with Crippen molar-refractivity contribution in [3.63, 3.8) is 0 Å². The van der Waals surface area contributed by atoms with Crippen LogP contribution in [-0.4, -0.2) is 36.5 Å². The maximum atomic E-state index is 13.6. The number of alkyl halides is 3. The third-order valence-corrected chi connectivity index (χ3v) is 5.25. The van der Waals surface area contributed by atoms with E-state index < -0.39 is 22.8 Å². The van der Waals surface area contributed by atoms with E-state index in [9.17, 15) is 22.8 Å². The number of nitrogens with two attached hydrogens (primary N) is 1. The van der Waals surface area contributed by atoms with Gasteiger partial charge in [0.25, 0.3) is 5.56 Å². The van der Waals surface area contributed by atoms with Gasteiger partial charge in [-0.3, -0.25) is 14.2 Å².